The van der Waals surface area contributed by atoms with E-state index in [9.17, 15) is 9.18 Å². The minimum Gasteiger partial charge on any atom is -0.460 e. The Labute approximate surface area is 147 Å². The first kappa shape index (κ1) is 16.7. The molecule has 0 aliphatic rings. The molecule has 0 aliphatic carbocycles. The third kappa shape index (κ3) is 4.01. The fourth-order valence-corrected chi connectivity index (χ4v) is 2.86. The number of hydrogen-bond donors (Lipinski definition) is 0. The summed E-state index contributed by atoms with van der Waals surface area (Å²) in [6.45, 7) is -0.200. The van der Waals surface area contributed by atoms with E-state index in [4.69, 9.17) is 16.3 Å². The zero-order valence-electron chi connectivity index (χ0n) is 12.4. The number of para-hydroxylation sites is 2. The molecule has 0 saturated heterocycles. The number of nitrogens with zero attached hydrogens (tertiary/aromatic N) is 2. The van der Waals surface area contributed by atoms with Gasteiger partial charge in [-0.3, -0.25) is 9.78 Å². The average Bonchev–Trinajstić information content (AvgIpc) is 2.59. The molecule has 0 aliphatic heterocycles. The van der Waals surface area contributed by atoms with E-state index in [0.717, 1.165) is 11.0 Å². The number of hydrogen-bond acceptors (Lipinski definition) is 5. The molecule has 0 spiro atoms. The van der Waals surface area contributed by atoms with Crippen molar-refractivity contribution < 1.29 is 13.9 Å². The molecule has 7 heteroatoms. The highest BCUT2D eigenvalue weighted by Gasteiger charge is 2.11. The van der Waals surface area contributed by atoms with Crippen molar-refractivity contribution in [1.82, 2.24) is 9.97 Å². The van der Waals surface area contributed by atoms with Gasteiger partial charge in [0.2, 0.25) is 0 Å². The molecule has 0 radical (unpaired) electrons. The molecule has 2 aromatic carbocycles. The lowest BCUT2D eigenvalue weighted by atomic mass is 10.2. The Bertz CT molecular complexity index is 871. The number of esters is 1. The normalized spacial score (nSPS) is 10.8. The third-order valence-corrected chi connectivity index (χ3v) is 4.43. The zero-order chi connectivity index (χ0) is 16.9. The molecule has 0 unspecified atom stereocenters. The van der Waals surface area contributed by atoms with E-state index in [1.165, 1.54) is 23.9 Å². The molecule has 0 amide bonds. The Hall–Kier alpha value is -2.18. The van der Waals surface area contributed by atoms with Crippen molar-refractivity contribution in [2.45, 2.75) is 11.6 Å². The van der Waals surface area contributed by atoms with E-state index in [1.807, 2.05) is 24.3 Å². The smallest absolute Gasteiger partial charge is 0.316 e. The van der Waals surface area contributed by atoms with Gasteiger partial charge >= 0.3 is 5.97 Å². The van der Waals surface area contributed by atoms with Crippen molar-refractivity contribution in [3.63, 3.8) is 0 Å². The van der Waals surface area contributed by atoms with E-state index in [-0.39, 0.29) is 22.9 Å². The number of carbonyl (C=O) groups excluding carboxylic acids is 1. The predicted molar refractivity (Wildman–Crippen MR) is 91.5 cm³/mol. The van der Waals surface area contributed by atoms with Crippen molar-refractivity contribution in [2.75, 3.05) is 5.75 Å². The molecular formula is C17H12ClFN2O2S. The van der Waals surface area contributed by atoms with Crippen molar-refractivity contribution in [3.8, 4) is 0 Å². The monoisotopic (exact) mass is 362 g/mol. The van der Waals surface area contributed by atoms with Crippen LogP contribution in [0.25, 0.3) is 11.0 Å². The summed E-state index contributed by atoms with van der Waals surface area (Å²) in [7, 11) is 0. The number of carbonyl (C=O) groups is 1. The van der Waals surface area contributed by atoms with Crippen LogP contribution in [0, 0.1) is 5.82 Å². The summed E-state index contributed by atoms with van der Waals surface area (Å²) in [6, 6.07) is 11.8. The number of ether oxygens (including phenoxy) is 1. The third-order valence-electron chi connectivity index (χ3n) is 3.20. The summed E-state index contributed by atoms with van der Waals surface area (Å²) in [4.78, 5) is 20.5. The predicted octanol–water partition coefficient (Wildman–Crippen LogP) is 4.26. The van der Waals surface area contributed by atoms with Gasteiger partial charge in [-0.25, -0.2) is 9.37 Å². The number of aromatic nitrogens is 2. The first-order valence-corrected chi connectivity index (χ1v) is 8.43. The van der Waals surface area contributed by atoms with Crippen molar-refractivity contribution >= 4 is 40.4 Å². The van der Waals surface area contributed by atoms with Gasteiger partial charge in [0.05, 0.1) is 28.0 Å². The SMILES string of the molecule is O=C(CSc1cnc2ccccc2n1)OCc1c(F)cccc1Cl. The van der Waals surface area contributed by atoms with Crippen LogP contribution in [0.3, 0.4) is 0 Å². The molecule has 3 aromatic rings. The Morgan fingerprint density at radius 3 is 2.75 bits per heavy atom. The molecule has 0 bridgehead atoms. The van der Waals surface area contributed by atoms with E-state index < -0.39 is 11.8 Å². The topological polar surface area (TPSA) is 52.1 Å². The molecule has 24 heavy (non-hydrogen) atoms. The lowest BCUT2D eigenvalue weighted by molar-refractivity contribution is -0.141. The fourth-order valence-electron chi connectivity index (χ4n) is 2.01. The quantitative estimate of drug-likeness (QED) is 0.501. The highest BCUT2D eigenvalue weighted by Crippen LogP contribution is 2.21. The van der Waals surface area contributed by atoms with Crippen LogP contribution in [0.1, 0.15) is 5.56 Å². The number of benzene rings is 2. The number of thioether (sulfide) groups is 1. The van der Waals surface area contributed by atoms with Crippen LogP contribution in [0.2, 0.25) is 5.02 Å². The van der Waals surface area contributed by atoms with Crippen LogP contribution in [-0.4, -0.2) is 21.7 Å². The summed E-state index contributed by atoms with van der Waals surface area (Å²) in [5.41, 5.74) is 1.72. The van der Waals surface area contributed by atoms with Gasteiger partial charge in [0.15, 0.2) is 0 Å². The number of fused-ring (bicyclic) bond motifs is 1. The maximum absolute atomic E-state index is 13.6. The van der Waals surface area contributed by atoms with Crippen LogP contribution in [0.5, 0.6) is 0 Å². The summed E-state index contributed by atoms with van der Waals surface area (Å²) >= 11 is 7.10. The molecule has 0 saturated carbocycles. The number of rotatable bonds is 5. The van der Waals surface area contributed by atoms with Crippen LogP contribution in [0.15, 0.2) is 53.7 Å². The van der Waals surface area contributed by atoms with Gasteiger partial charge in [-0.15, -0.1) is 0 Å². The van der Waals surface area contributed by atoms with Crippen LogP contribution in [0.4, 0.5) is 4.39 Å². The molecule has 1 aromatic heterocycles. The second kappa shape index (κ2) is 7.59. The Balaban J connectivity index is 1.57. The van der Waals surface area contributed by atoms with E-state index in [2.05, 4.69) is 9.97 Å². The maximum Gasteiger partial charge on any atom is 0.316 e. The van der Waals surface area contributed by atoms with Crippen LogP contribution in [-0.2, 0) is 16.1 Å². The lowest BCUT2D eigenvalue weighted by Crippen LogP contribution is -2.08. The molecule has 4 nitrogen and oxygen atoms in total. The molecular weight excluding hydrogens is 351 g/mol. The first-order chi connectivity index (χ1) is 11.6. The van der Waals surface area contributed by atoms with Gasteiger partial charge in [0, 0.05) is 5.56 Å². The average molecular weight is 363 g/mol. The Kier molecular flexibility index (Phi) is 5.27. The molecule has 0 N–H and O–H groups in total. The summed E-state index contributed by atoms with van der Waals surface area (Å²) in [5, 5.41) is 0.852. The summed E-state index contributed by atoms with van der Waals surface area (Å²) in [5.74, 6) is -0.920. The first-order valence-electron chi connectivity index (χ1n) is 7.06. The standard InChI is InChI=1S/C17H12ClFN2O2S/c18-12-4-3-5-13(19)11(12)9-23-17(22)10-24-16-8-20-14-6-1-2-7-15(14)21-16/h1-8H,9-10H2. The minimum atomic E-state index is -0.497. The molecule has 1 heterocycles. The largest absolute Gasteiger partial charge is 0.460 e. The van der Waals surface area contributed by atoms with Gasteiger partial charge < -0.3 is 4.74 Å². The zero-order valence-corrected chi connectivity index (χ0v) is 14.0. The van der Waals surface area contributed by atoms with Gasteiger partial charge in [0.1, 0.15) is 17.5 Å². The second-order valence-corrected chi connectivity index (χ2v) is 6.25. The van der Waals surface area contributed by atoms with Crippen molar-refractivity contribution in [2.24, 2.45) is 0 Å². The lowest BCUT2D eigenvalue weighted by Gasteiger charge is -2.07. The number of halogens is 2. The Morgan fingerprint density at radius 2 is 1.96 bits per heavy atom. The fraction of sp³-hybridized carbons (Fsp3) is 0.118. The summed E-state index contributed by atoms with van der Waals surface area (Å²) in [6.07, 6.45) is 1.61. The van der Waals surface area contributed by atoms with E-state index >= 15 is 0 Å². The van der Waals surface area contributed by atoms with Gasteiger partial charge in [-0.2, -0.15) is 0 Å². The summed E-state index contributed by atoms with van der Waals surface area (Å²) < 4.78 is 18.7. The van der Waals surface area contributed by atoms with Crippen molar-refractivity contribution in [1.29, 1.82) is 0 Å². The Morgan fingerprint density at radius 1 is 1.17 bits per heavy atom. The van der Waals surface area contributed by atoms with Crippen LogP contribution >= 0.6 is 23.4 Å². The van der Waals surface area contributed by atoms with Gasteiger partial charge in [0.25, 0.3) is 0 Å². The second-order valence-electron chi connectivity index (χ2n) is 4.85. The van der Waals surface area contributed by atoms with E-state index in [1.54, 1.807) is 12.3 Å². The molecule has 122 valence electrons. The van der Waals surface area contributed by atoms with Gasteiger partial charge in [-0.1, -0.05) is 41.6 Å². The molecule has 3 rings (SSSR count). The van der Waals surface area contributed by atoms with Gasteiger partial charge in [-0.05, 0) is 24.3 Å². The van der Waals surface area contributed by atoms with E-state index in [0.29, 0.717) is 5.03 Å². The van der Waals surface area contributed by atoms with Crippen molar-refractivity contribution in [3.05, 3.63) is 65.1 Å². The molecule has 0 atom stereocenters. The minimum absolute atomic E-state index is 0.0547. The highest BCUT2D eigenvalue weighted by molar-refractivity contribution is 7.99. The molecule has 0 fully saturated rings. The highest BCUT2D eigenvalue weighted by atomic mass is 35.5. The van der Waals surface area contributed by atoms with Crippen LogP contribution < -0.4 is 0 Å². The maximum atomic E-state index is 13.6.